The number of carbonyl (C=O) groups excluding carboxylic acids is 1. The van der Waals surface area contributed by atoms with Crippen molar-refractivity contribution >= 4 is 23.5 Å². The molecule has 1 aromatic carbocycles. The fourth-order valence-corrected chi connectivity index (χ4v) is 1.56. The second kappa shape index (κ2) is 7.41. The van der Waals surface area contributed by atoms with Crippen LogP contribution in [0.15, 0.2) is 18.2 Å². The zero-order valence-electron chi connectivity index (χ0n) is 10.8. The van der Waals surface area contributed by atoms with Crippen molar-refractivity contribution < 1.29 is 37.0 Å². The summed E-state index contributed by atoms with van der Waals surface area (Å²) in [5, 5.41) is 10.7. The summed E-state index contributed by atoms with van der Waals surface area (Å²) in [4.78, 5) is 22.5. The number of rotatable bonds is 6. The van der Waals surface area contributed by atoms with Gasteiger partial charge in [-0.25, -0.2) is 9.18 Å². The fourth-order valence-electron chi connectivity index (χ4n) is 1.44. The highest BCUT2D eigenvalue weighted by molar-refractivity contribution is 6.30. The van der Waals surface area contributed by atoms with Crippen LogP contribution >= 0.6 is 11.6 Å². The molecule has 2 N–H and O–H groups in total. The fraction of sp³-hybridized carbons (Fsp3) is 0.333. The monoisotopic (exact) mass is 343 g/mol. The van der Waals surface area contributed by atoms with E-state index in [2.05, 4.69) is 4.74 Å². The summed E-state index contributed by atoms with van der Waals surface area (Å²) in [5.74, 6) is -3.51. The molecule has 0 saturated heterocycles. The molecule has 0 aliphatic rings. The van der Waals surface area contributed by atoms with E-state index in [1.165, 1.54) is 6.07 Å². The van der Waals surface area contributed by atoms with Crippen molar-refractivity contribution in [2.24, 2.45) is 0 Å². The average molecular weight is 344 g/mol. The number of nitrogens with one attached hydrogen (secondary N) is 1. The van der Waals surface area contributed by atoms with Crippen molar-refractivity contribution in [3.63, 3.8) is 0 Å². The number of hydrogen-bond acceptors (Lipinski definition) is 3. The molecule has 1 atom stereocenters. The first-order valence-corrected chi connectivity index (χ1v) is 6.09. The lowest BCUT2D eigenvalue weighted by atomic mass is 10.1. The van der Waals surface area contributed by atoms with Crippen LogP contribution in [0.3, 0.4) is 0 Å². The molecular weight excluding hydrogens is 334 g/mol. The Bertz CT molecular complexity index is 565. The van der Waals surface area contributed by atoms with Crippen LogP contribution in [0.1, 0.15) is 11.6 Å². The van der Waals surface area contributed by atoms with Crippen molar-refractivity contribution in [2.45, 2.75) is 12.2 Å². The summed E-state index contributed by atoms with van der Waals surface area (Å²) in [6.07, 6.45) is -4.61. The maximum absolute atomic E-state index is 13.3. The lowest BCUT2D eigenvalue weighted by Crippen LogP contribution is -2.36. The topological polar surface area (TPSA) is 75.6 Å². The molecule has 22 heavy (non-hydrogen) atoms. The molecule has 0 aliphatic carbocycles. The molecule has 0 aliphatic heterocycles. The minimum atomic E-state index is -4.61. The number of aliphatic carboxylic acids is 1. The number of alkyl halides is 3. The number of carboxylic acids is 1. The molecular formula is C12H10ClF4NO4. The summed E-state index contributed by atoms with van der Waals surface area (Å²) in [6, 6.07) is 1.42. The number of halogens is 5. The number of hydrogen-bond donors (Lipinski definition) is 2. The van der Waals surface area contributed by atoms with Crippen LogP contribution in [-0.4, -0.2) is 36.4 Å². The van der Waals surface area contributed by atoms with Gasteiger partial charge in [-0.15, -0.1) is 0 Å². The number of carbonyl (C=O) groups is 2. The van der Waals surface area contributed by atoms with Crippen LogP contribution < -0.4 is 5.32 Å². The Morgan fingerprint density at radius 2 is 2.00 bits per heavy atom. The summed E-state index contributed by atoms with van der Waals surface area (Å²) in [6.45, 7) is -2.63. The van der Waals surface area contributed by atoms with Gasteiger partial charge >= 0.3 is 12.1 Å². The van der Waals surface area contributed by atoms with Crippen LogP contribution in [-0.2, 0) is 14.3 Å². The lowest BCUT2D eigenvalue weighted by molar-refractivity contribution is -0.176. The van der Waals surface area contributed by atoms with Crippen LogP contribution in [0.25, 0.3) is 0 Å². The van der Waals surface area contributed by atoms with E-state index in [0.717, 1.165) is 12.1 Å². The molecule has 0 fully saturated rings. The van der Waals surface area contributed by atoms with Gasteiger partial charge in [0.15, 0.2) is 6.04 Å². The van der Waals surface area contributed by atoms with E-state index in [9.17, 15) is 27.2 Å². The van der Waals surface area contributed by atoms with E-state index in [1.807, 2.05) is 5.32 Å². The molecule has 122 valence electrons. The quantitative estimate of drug-likeness (QED) is 0.777. The van der Waals surface area contributed by atoms with E-state index in [4.69, 9.17) is 16.7 Å². The van der Waals surface area contributed by atoms with Gasteiger partial charge in [0.05, 0.1) is 5.02 Å². The zero-order valence-corrected chi connectivity index (χ0v) is 11.5. The first kappa shape index (κ1) is 18.2. The second-order valence-electron chi connectivity index (χ2n) is 4.12. The summed E-state index contributed by atoms with van der Waals surface area (Å²) in [5.41, 5.74) is -0.126. The molecule has 0 radical (unpaired) electrons. The summed E-state index contributed by atoms with van der Waals surface area (Å²) < 4.78 is 52.9. The third-order valence-electron chi connectivity index (χ3n) is 2.33. The van der Waals surface area contributed by atoms with Crippen molar-refractivity contribution in [1.29, 1.82) is 0 Å². The Kier molecular flexibility index (Phi) is 6.12. The largest absolute Gasteiger partial charge is 0.479 e. The molecule has 10 heteroatoms. The van der Waals surface area contributed by atoms with Crippen molar-refractivity contribution in [2.75, 3.05) is 13.2 Å². The molecule has 0 aromatic heterocycles. The number of benzene rings is 1. The van der Waals surface area contributed by atoms with Crippen LogP contribution in [0, 0.1) is 5.82 Å². The molecule has 1 amide bonds. The van der Waals surface area contributed by atoms with Crippen molar-refractivity contribution in [1.82, 2.24) is 5.32 Å². The van der Waals surface area contributed by atoms with Gasteiger partial charge < -0.3 is 15.2 Å². The highest BCUT2D eigenvalue weighted by atomic mass is 35.5. The molecule has 0 bridgehead atoms. The Labute approximate surface area is 126 Å². The third-order valence-corrected chi connectivity index (χ3v) is 2.63. The predicted octanol–water partition coefficient (Wildman–Crippen LogP) is 2.30. The second-order valence-corrected chi connectivity index (χ2v) is 4.53. The lowest BCUT2D eigenvalue weighted by Gasteiger charge is -2.15. The standard InChI is InChI=1S/C12H10ClF4NO4/c13-7-2-1-6(3-8(7)14)10(11(20)21)18-9(19)4-22-5-12(15,16)17/h1-3,10H,4-5H2,(H,18,19)(H,20,21). The van der Waals surface area contributed by atoms with E-state index in [0.29, 0.717) is 0 Å². The highest BCUT2D eigenvalue weighted by Gasteiger charge is 2.28. The first-order chi connectivity index (χ1) is 10.1. The molecule has 0 spiro atoms. The van der Waals surface area contributed by atoms with Gasteiger partial charge in [0.2, 0.25) is 5.91 Å². The van der Waals surface area contributed by atoms with E-state index in [1.54, 1.807) is 0 Å². The zero-order chi connectivity index (χ0) is 16.9. The normalized spacial score (nSPS) is 12.8. The Morgan fingerprint density at radius 3 is 2.50 bits per heavy atom. The average Bonchev–Trinajstić information content (AvgIpc) is 2.37. The SMILES string of the molecule is O=C(COCC(F)(F)F)NC(C(=O)O)c1ccc(Cl)c(F)c1. The third kappa shape index (κ3) is 5.86. The number of ether oxygens (including phenoxy) is 1. The highest BCUT2D eigenvalue weighted by Crippen LogP contribution is 2.20. The molecule has 1 aromatic rings. The summed E-state index contributed by atoms with van der Waals surface area (Å²) >= 11 is 5.45. The van der Waals surface area contributed by atoms with E-state index < -0.39 is 43.1 Å². The smallest absolute Gasteiger partial charge is 0.411 e. The van der Waals surface area contributed by atoms with Crippen LogP contribution in [0.2, 0.25) is 5.02 Å². The maximum atomic E-state index is 13.3. The number of amides is 1. The Morgan fingerprint density at radius 1 is 1.36 bits per heavy atom. The summed E-state index contributed by atoms with van der Waals surface area (Å²) in [7, 11) is 0. The van der Waals surface area contributed by atoms with Crippen LogP contribution in [0.5, 0.6) is 0 Å². The number of carboxylic acid groups (broad SMARTS) is 1. The molecule has 1 rings (SSSR count). The van der Waals surface area contributed by atoms with Gasteiger partial charge in [0.1, 0.15) is 19.0 Å². The van der Waals surface area contributed by atoms with E-state index >= 15 is 0 Å². The van der Waals surface area contributed by atoms with E-state index in [-0.39, 0.29) is 10.6 Å². The van der Waals surface area contributed by atoms with Crippen LogP contribution in [0.4, 0.5) is 17.6 Å². The van der Waals surface area contributed by atoms with Gasteiger partial charge in [0, 0.05) is 0 Å². The minimum absolute atomic E-state index is 0.126. The molecule has 0 heterocycles. The Hall–Kier alpha value is -1.87. The minimum Gasteiger partial charge on any atom is -0.479 e. The van der Waals surface area contributed by atoms with Gasteiger partial charge in [0.25, 0.3) is 0 Å². The van der Waals surface area contributed by atoms with Crippen molar-refractivity contribution in [3.8, 4) is 0 Å². The van der Waals surface area contributed by atoms with Gasteiger partial charge in [-0.3, -0.25) is 4.79 Å². The first-order valence-electron chi connectivity index (χ1n) is 5.72. The maximum Gasteiger partial charge on any atom is 0.411 e. The van der Waals surface area contributed by atoms with Gasteiger partial charge in [-0.1, -0.05) is 17.7 Å². The molecule has 1 unspecified atom stereocenters. The predicted molar refractivity (Wildman–Crippen MR) is 66.8 cm³/mol. The van der Waals surface area contributed by atoms with Gasteiger partial charge in [-0.05, 0) is 17.7 Å². The van der Waals surface area contributed by atoms with Crippen molar-refractivity contribution in [3.05, 3.63) is 34.6 Å². The Balaban J connectivity index is 2.70. The molecule has 0 saturated carbocycles. The molecule has 5 nitrogen and oxygen atoms in total. The van der Waals surface area contributed by atoms with Gasteiger partial charge in [-0.2, -0.15) is 13.2 Å².